The van der Waals surface area contributed by atoms with Crippen LogP contribution in [0.2, 0.25) is 0 Å². The lowest BCUT2D eigenvalue weighted by Gasteiger charge is -2.31. The van der Waals surface area contributed by atoms with Crippen molar-refractivity contribution in [1.29, 1.82) is 0 Å². The minimum Gasteiger partial charge on any atom is -0.349 e. The monoisotopic (exact) mass is 468 g/mol. The van der Waals surface area contributed by atoms with E-state index in [2.05, 4.69) is 21.2 Å². The summed E-state index contributed by atoms with van der Waals surface area (Å²) in [6.07, 6.45) is 0.912. The van der Waals surface area contributed by atoms with Crippen LogP contribution < -0.4 is 5.32 Å². The summed E-state index contributed by atoms with van der Waals surface area (Å²) in [4.78, 5) is 12.7. The number of piperidine rings is 1. The highest BCUT2D eigenvalue weighted by Gasteiger charge is 2.32. The molecule has 3 rings (SSSR count). The summed E-state index contributed by atoms with van der Waals surface area (Å²) in [6.45, 7) is 2.46. The third-order valence-corrected chi connectivity index (χ3v) is 7.39. The lowest BCUT2D eigenvalue weighted by molar-refractivity contribution is -0.126. The molecule has 1 heterocycles. The van der Waals surface area contributed by atoms with E-state index in [1.807, 2.05) is 31.2 Å². The van der Waals surface area contributed by atoms with E-state index in [1.54, 1.807) is 0 Å². The Balaban J connectivity index is 1.58. The molecule has 0 aliphatic carbocycles. The first-order valence-corrected chi connectivity index (χ1v) is 11.3. The van der Waals surface area contributed by atoms with E-state index in [9.17, 15) is 17.6 Å². The molecule has 0 saturated carbocycles. The summed E-state index contributed by atoms with van der Waals surface area (Å²) in [6, 6.07) is 12.4. The molecule has 1 saturated heterocycles. The largest absolute Gasteiger partial charge is 0.349 e. The van der Waals surface area contributed by atoms with Crippen LogP contribution in [0.1, 0.15) is 31.4 Å². The number of carbonyl (C=O) groups excluding carboxylic acids is 1. The van der Waals surface area contributed by atoms with Crippen molar-refractivity contribution >= 4 is 31.9 Å². The molecular formula is C20H22BrFN2O3S. The number of benzene rings is 2. The van der Waals surface area contributed by atoms with Crippen LogP contribution in [0.4, 0.5) is 4.39 Å². The second kappa shape index (κ2) is 8.71. The molecule has 0 unspecified atom stereocenters. The number of hydrogen-bond acceptors (Lipinski definition) is 3. The maximum Gasteiger partial charge on any atom is 0.243 e. The number of sulfonamides is 1. The van der Waals surface area contributed by atoms with Gasteiger partial charge in [-0.05, 0) is 61.7 Å². The number of nitrogens with zero attached hydrogens (tertiary/aromatic N) is 1. The van der Waals surface area contributed by atoms with Crippen molar-refractivity contribution in [3.05, 3.63) is 64.4 Å². The molecule has 1 aliphatic rings. The van der Waals surface area contributed by atoms with Crippen molar-refractivity contribution in [3.8, 4) is 0 Å². The molecule has 1 atom stereocenters. The first-order chi connectivity index (χ1) is 13.3. The average Bonchev–Trinajstić information content (AvgIpc) is 2.68. The fourth-order valence-electron chi connectivity index (χ4n) is 3.30. The average molecular weight is 469 g/mol. The Bertz CT molecular complexity index is 942. The minimum absolute atomic E-state index is 0.0636. The molecule has 8 heteroatoms. The number of rotatable bonds is 5. The Hall–Kier alpha value is -1.77. The molecule has 2 aromatic carbocycles. The maximum atomic E-state index is 13.1. The molecule has 1 N–H and O–H groups in total. The lowest BCUT2D eigenvalue weighted by Crippen LogP contribution is -2.43. The van der Waals surface area contributed by atoms with Gasteiger partial charge in [0.15, 0.2) is 0 Å². The minimum atomic E-state index is -3.67. The van der Waals surface area contributed by atoms with Crippen molar-refractivity contribution in [1.82, 2.24) is 9.62 Å². The second-order valence-electron chi connectivity index (χ2n) is 6.92. The topological polar surface area (TPSA) is 66.5 Å². The van der Waals surface area contributed by atoms with Crippen LogP contribution in [0.25, 0.3) is 0 Å². The molecule has 1 amide bonds. The van der Waals surface area contributed by atoms with E-state index in [0.29, 0.717) is 12.8 Å². The summed E-state index contributed by atoms with van der Waals surface area (Å²) in [7, 11) is -3.67. The zero-order chi connectivity index (χ0) is 20.3. The van der Waals surface area contributed by atoms with Gasteiger partial charge in [-0.15, -0.1) is 0 Å². The van der Waals surface area contributed by atoms with Gasteiger partial charge < -0.3 is 5.32 Å². The van der Waals surface area contributed by atoms with E-state index in [0.717, 1.165) is 22.2 Å². The smallest absolute Gasteiger partial charge is 0.243 e. The van der Waals surface area contributed by atoms with E-state index < -0.39 is 15.8 Å². The summed E-state index contributed by atoms with van der Waals surface area (Å²) in [5.74, 6) is -0.769. The van der Waals surface area contributed by atoms with Gasteiger partial charge in [-0.25, -0.2) is 12.8 Å². The molecule has 0 bridgehead atoms. The number of halogens is 2. The molecule has 0 radical (unpaired) electrons. The van der Waals surface area contributed by atoms with Gasteiger partial charge in [0.1, 0.15) is 5.82 Å². The Morgan fingerprint density at radius 1 is 1.18 bits per heavy atom. The van der Waals surface area contributed by atoms with Crippen molar-refractivity contribution in [3.63, 3.8) is 0 Å². The quantitative estimate of drug-likeness (QED) is 0.723. The molecule has 28 heavy (non-hydrogen) atoms. The van der Waals surface area contributed by atoms with E-state index in [4.69, 9.17) is 0 Å². The second-order valence-corrected chi connectivity index (χ2v) is 9.77. The Labute approximate surface area is 173 Å². The van der Waals surface area contributed by atoms with Gasteiger partial charge >= 0.3 is 0 Å². The normalized spacial score (nSPS) is 17.2. The zero-order valence-corrected chi connectivity index (χ0v) is 17.8. The number of amides is 1. The van der Waals surface area contributed by atoms with Gasteiger partial charge in [0.2, 0.25) is 15.9 Å². The van der Waals surface area contributed by atoms with Crippen LogP contribution in [0, 0.1) is 11.7 Å². The molecule has 5 nitrogen and oxygen atoms in total. The van der Waals surface area contributed by atoms with E-state index in [-0.39, 0.29) is 35.9 Å². The van der Waals surface area contributed by atoms with Crippen LogP contribution in [0.3, 0.4) is 0 Å². The predicted octanol–water partition coefficient (Wildman–Crippen LogP) is 3.87. The van der Waals surface area contributed by atoms with Crippen LogP contribution in [-0.2, 0) is 14.8 Å². The highest BCUT2D eigenvalue weighted by atomic mass is 79.9. The van der Waals surface area contributed by atoms with Gasteiger partial charge in [-0.3, -0.25) is 4.79 Å². The summed E-state index contributed by atoms with van der Waals surface area (Å²) < 4.78 is 40.7. The van der Waals surface area contributed by atoms with Gasteiger partial charge in [0.05, 0.1) is 10.9 Å². The van der Waals surface area contributed by atoms with E-state index >= 15 is 0 Å². The summed E-state index contributed by atoms with van der Waals surface area (Å²) >= 11 is 3.43. The fraction of sp³-hybridized carbons (Fsp3) is 0.350. The van der Waals surface area contributed by atoms with Gasteiger partial charge in [-0.2, -0.15) is 4.31 Å². The van der Waals surface area contributed by atoms with Crippen LogP contribution in [0.5, 0.6) is 0 Å². The van der Waals surface area contributed by atoms with Crippen molar-refractivity contribution in [2.45, 2.75) is 30.7 Å². The Kier molecular flexibility index (Phi) is 6.52. The standard InChI is InChI=1S/C20H22BrFN2O3S/c1-14(16-3-2-4-17(21)13-16)23-20(25)15-9-11-24(12-10-15)28(26,27)19-7-5-18(22)6-8-19/h2-8,13-15H,9-12H2,1H3,(H,23,25)/t14-/m0/s1. The summed E-state index contributed by atoms with van der Waals surface area (Å²) in [5, 5.41) is 3.02. The van der Waals surface area contributed by atoms with Crippen LogP contribution in [-0.4, -0.2) is 31.7 Å². The molecule has 1 aliphatic heterocycles. The third-order valence-electron chi connectivity index (χ3n) is 4.98. The molecule has 2 aromatic rings. The SMILES string of the molecule is C[C@H](NC(=O)C1CCN(S(=O)(=O)c2ccc(F)cc2)CC1)c1cccc(Br)c1. The number of nitrogens with one attached hydrogen (secondary N) is 1. The van der Waals surface area contributed by atoms with E-state index in [1.165, 1.54) is 16.4 Å². The van der Waals surface area contributed by atoms with Crippen LogP contribution in [0.15, 0.2) is 57.9 Å². The lowest BCUT2D eigenvalue weighted by atomic mass is 9.96. The van der Waals surface area contributed by atoms with Crippen molar-refractivity contribution < 1.29 is 17.6 Å². The number of hydrogen-bond donors (Lipinski definition) is 1. The summed E-state index contributed by atoms with van der Waals surface area (Å²) in [5.41, 5.74) is 0.999. The molecular weight excluding hydrogens is 447 g/mol. The van der Waals surface area contributed by atoms with Crippen molar-refractivity contribution in [2.24, 2.45) is 5.92 Å². The molecule has 0 aromatic heterocycles. The first-order valence-electron chi connectivity index (χ1n) is 9.09. The van der Waals surface area contributed by atoms with Gasteiger partial charge in [0, 0.05) is 23.5 Å². The predicted molar refractivity (Wildman–Crippen MR) is 109 cm³/mol. The molecule has 1 fully saturated rings. The fourth-order valence-corrected chi connectivity index (χ4v) is 5.19. The zero-order valence-electron chi connectivity index (χ0n) is 15.4. The maximum absolute atomic E-state index is 13.1. The molecule has 150 valence electrons. The van der Waals surface area contributed by atoms with Crippen LogP contribution >= 0.6 is 15.9 Å². The van der Waals surface area contributed by atoms with Gasteiger partial charge in [0.25, 0.3) is 0 Å². The highest BCUT2D eigenvalue weighted by Crippen LogP contribution is 2.25. The molecule has 0 spiro atoms. The van der Waals surface area contributed by atoms with Gasteiger partial charge in [-0.1, -0.05) is 28.1 Å². The highest BCUT2D eigenvalue weighted by molar-refractivity contribution is 9.10. The van der Waals surface area contributed by atoms with Crippen molar-refractivity contribution in [2.75, 3.05) is 13.1 Å². The Morgan fingerprint density at radius 3 is 2.43 bits per heavy atom. The third kappa shape index (κ3) is 4.79. The Morgan fingerprint density at radius 2 is 1.82 bits per heavy atom. The first kappa shape index (κ1) is 21.0. The number of carbonyl (C=O) groups is 1.